The summed E-state index contributed by atoms with van der Waals surface area (Å²) < 4.78 is 17.0. The van der Waals surface area contributed by atoms with Gasteiger partial charge >= 0.3 is 25.7 Å². The van der Waals surface area contributed by atoms with E-state index in [9.17, 15) is 0 Å². The van der Waals surface area contributed by atoms with Crippen LogP contribution in [-0.4, -0.2) is 22.8 Å². The van der Waals surface area contributed by atoms with Crippen LogP contribution in [-0.2, 0) is 25.7 Å². The number of rotatable bonds is 0. The predicted molar refractivity (Wildman–Crippen MR) is 14.9 cm³/mol. The molecule has 0 fully saturated rings. The number of hydrogen-bond donors (Lipinski definition) is 0. The van der Waals surface area contributed by atoms with Crippen LogP contribution in [0.25, 0.3) is 0 Å². The van der Waals surface area contributed by atoms with E-state index in [1.54, 1.807) is 0 Å². The third-order valence-corrected chi connectivity index (χ3v) is 0. The molecule has 0 aromatic heterocycles. The maximum atomic E-state index is 8.50. The normalized spacial score (nSPS) is 1.60. The molecule has 0 aromatic rings. The topological polar surface area (TPSA) is 65.6 Å². The third-order valence-electron chi connectivity index (χ3n) is 0. The molecular formula is H5AlO3Ti. The van der Waals surface area contributed by atoms with Crippen molar-refractivity contribution in [3.8, 4) is 0 Å². The Morgan fingerprint density at radius 1 is 1.20 bits per heavy atom. The van der Waals surface area contributed by atoms with E-state index >= 15 is 0 Å². The fraction of sp³-hybridized carbons (Fsp3) is 0. The van der Waals surface area contributed by atoms with Crippen molar-refractivity contribution in [2.75, 3.05) is 0 Å². The zero-order valence-corrected chi connectivity index (χ0v) is 3.38. The first-order chi connectivity index (χ1) is 1.41. The Kier molecular flexibility index (Phi) is 72.7. The molecule has 5 heteroatoms. The summed E-state index contributed by atoms with van der Waals surface area (Å²) in [6.45, 7) is 0. The van der Waals surface area contributed by atoms with Gasteiger partial charge in [-0.25, -0.2) is 0 Å². The zero-order chi connectivity index (χ0) is 2.71. The van der Waals surface area contributed by atoms with Crippen LogP contribution in [0, 0.1) is 0 Å². The fourth-order valence-corrected chi connectivity index (χ4v) is 0. The van der Waals surface area contributed by atoms with Gasteiger partial charge in [0.2, 0.25) is 0 Å². The van der Waals surface area contributed by atoms with E-state index in [2.05, 4.69) is 0 Å². The predicted octanol–water partition coefficient (Wildman–Crippen LogP) is -2.25. The van der Waals surface area contributed by atoms with Gasteiger partial charge in [0.05, 0.1) is 0 Å². The first-order valence-electron chi connectivity index (χ1n) is 0.408. The molecule has 0 spiro atoms. The standard InChI is InChI=1S/Al.H2O.2O.Ti.3H/h;1H2;;;;;;. The van der Waals surface area contributed by atoms with Gasteiger partial charge in [-0.1, -0.05) is 0 Å². The van der Waals surface area contributed by atoms with Crippen molar-refractivity contribution in [3.63, 3.8) is 0 Å². The van der Waals surface area contributed by atoms with Crippen LogP contribution in [0.1, 0.15) is 0 Å². The fourth-order valence-electron chi connectivity index (χ4n) is 0. The van der Waals surface area contributed by atoms with Crippen molar-refractivity contribution < 1.29 is 31.2 Å². The number of hydrogen-bond acceptors (Lipinski definition) is 2. The molecule has 0 saturated carbocycles. The Morgan fingerprint density at radius 3 is 1.20 bits per heavy atom. The van der Waals surface area contributed by atoms with Gasteiger partial charge < -0.3 is 5.48 Å². The van der Waals surface area contributed by atoms with Gasteiger partial charge in [-0.05, 0) is 0 Å². The Balaban J connectivity index is -0.0000000200. The second kappa shape index (κ2) is 21.3. The molecule has 0 unspecified atom stereocenters. The maximum absolute atomic E-state index is 8.50. The quantitative estimate of drug-likeness (QED) is 0.346. The molecular weight excluding hydrogens is 123 g/mol. The molecule has 0 aliphatic rings. The van der Waals surface area contributed by atoms with Crippen LogP contribution in [0.3, 0.4) is 0 Å². The van der Waals surface area contributed by atoms with Crippen LogP contribution < -0.4 is 0 Å². The van der Waals surface area contributed by atoms with Crippen molar-refractivity contribution in [1.82, 2.24) is 0 Å². The summed E-state index contributed by atoms with van der Waals surface area (Å²) in [6, 6.07) is 0. The second-order valence-corrected chi connectivity index (χ2v) is 0.344. The first kappa shape index (κ1) is 17.0. The summed E-state index contributed by atoms with van der Waals surface area (Å²) in [5.41, 5.74) is 0. The molecule has 5 heavy (non-hydrogen) atoms. The minimum absolute atomic E-state index is 0. The second-order valence-electron chi connectivity index (χ2n) is 0.0833. The molecule has 0 bridgehead atoms. The summed E-state index contributed by atoms with van der Waals surface area (Å²) >= 11 is -2.00. The van der Waals surface area contributed by atoms with Gasteiger partial charge in [0.15, 0.2) is 17.4 Å². The monoisotopic (exact) mass is 128 g/mol. The summed E-state index contributed by atoms with van der Waals surface area (Å²) in [4.78, 5) is 0. The summed E-state index contributed by atoms with van der Waals surface area (Å²) in [7, 11) is 0. The van der Waals surface area contributed by atoms with Crippen molar-refractivity contribution >= 4 is 17.4 Å². The van der Waals surface area contributed by atoms with Crippen LogP contribution in [0.4, 0.5) is 0 Å². The molecule has 0 aliphatic heterocycles. The van der Waals surface area contributed by atoms with Gasteiger partial charge in [-0.3, -0.25) is 0 Å². The van der Waals surface area contributed by atoms with Gasteiger partial charge in [0, 0.05) is 0 Å². The summed E-state index contributed by atoms with van der Waals surface area (Å²) in [6.07, 6.45) is 0. The van der Waals surface area contributed by atoms with Crippen molar-refractivity contribution in [2.24, 2.45) is 0 Å². The van der Waals surface area contributed by atoms with Crippen LogP contribution in [0.15, 0.2) is 0 Å². The van der Waals surface area contributed by atoms with Crippen molar-refractivity contribution in [1.29, 1.82) is 0 Å². The molecule has 0 aromatic carbocycles. The van der Waals surface area contributed by atoms with Crippen LogP contribution >= 0.6 is 0 Å². The van der Waals surface area contributed by atoms with Crippen LogP contribution in [0.5, 0.6) is 0 Å². The third kappa shape index (κ3) is 58.2. The minimum atomic E-state index is -2.00. The van der Waals surface area contributed by atoms with E-state index in [-0.39, 0.29) is 22.8 Å². The van der Waals surface area contributed by atoms with Crippen molar-refractivity contribution in [3.05, 3.63) is 0 Å². The molecule has 0 rings (SSSR count). The van der Waals surface area contributed by atoms with E-state index in [0.29, 0.717) is 0 Å². The molecule has 2 N–H and O–H groups in total. The van der Waals surface area contributed by atoms with Crippen molar-refractivity contribution in [2.45, 2.75) is 0 Å². The van der Waals surface area contributed by atoms with E-state index in [1.807, 2.05) is 0 Å². The van der Waals surface area contributed by atoms with Gasteiger partial charge in [-0.2, -0.15) is 0 Å². The Hall–Kier alpha value is 0.807. The van der Waals surface area contributed by atoms with Gasteiger partial charge in [0.1, 0.15) is 0 Å². The summed E-state index contributed by atoms with van der Waals surface area (Å²) in [5.74, 6) is 0. The molecule has 0 atom stereocenters. The van der Waals surface area contributed by atoms with Gasteiger partial charge in [-0.15, -0.1) is 0 Å². The van der Waals surface area contributed by atoms with E-state index in [0.717, 1.165) is 0 Å². The molecule has 30 valence electrons. The summed E-state index contributed by atoms with van der Waals surface area (Å²) in [5, 5.41) is 0. The first-order valence-corrected chi connectivity index (χ1v) is 1.68. The molecule has 0 amide bonds. The SMILES string of the molecule is O.[AlH3].[O]=[Ti]=[O]. The Labute approximate surface area is 48.8 Å². The van der Waals surface area contributed by atoms with E-state index in [1.165, 1.54) is 0 Å². The molecule has 0 aliphatic carbocycles. The molecule has 3 nitrogen and oxygen atoms in total. The van der Waals surface area contributed by atoms with E-state index < -0.39 is 19.1 Å². The molecule has 0 saturated heterocycles. The van der Waals surface area contributed by atoms with Crippen LogP contribution in [0.2, 0.25) is 0 Å². The zero-order valence-electron chi connectivity index (χ0n) is 1.82. The average molecular weight is 128 g/mol. The van der Waals surface area contributed by atoms with Gasteiger partial charge in [0.25, 0.3) is 0 Å². The molecule has 0 radical (unpaired) electrons. The molecule has 0 heterocycles. The van der Waals surface area contributed by atoms with E-state index in [4.69, 9.17) is 6.65 Å². The Morgan fingerprint density at radius 2 is 1.20 bits per heavy atom. The average Bonchev–Trinajstić information content (AvgIpc) is 0.918. The Bertz CT molecular complexity index is 27.9.